The topological polar surface area (TPSA) is 58.6 Å². The highest BCUT2D eigenvalue weighted by atomic mass is 35.5. The van der Waals surface area contributed by atoms with Gasteiger partial charge in [0.1, 0.15) is 11.9 Å². The van der Waals surface area contributed by atoms with Gasteiger partial charge < -0.3 is 15.2 Å². The molecule has 6 rings (SSSR count). The molecule has 5 heteroatoms. The van der Waals surface area contributed by atoms with Gasteiger partial charge in [0.05, 0.1) is 5.56 Å². The second-order valence-electron chi connectivity index (χ2n) is 10.2. The third-order valence-electron chi connectivity index (χ3n) is 7.76. The largest absolute Gasteiger partial charge is 0.489 e. The van der Waals surface area contributed by atoms with Gasteiger partial charge in [-0.3, -0.25) is 0 Å². The van der Waals surface area contributed by atoms with Crippen LogP contribution in [-0.4, -0.2) is 23.7 Å². The minimum atomic E-state index is -0.832. The van der Waals surface area contributed by atoms with Crippen LogP contribution in [0.4, 0.5) is 0 Å². The Morgan fingerprint density at radius 3 is 2.54 bits per heavy atom. The first-order chi connectivity index (χ1) is 17.6. The molecule has 37 heavy (non-hydrogen) atoms. The number of halogens is 1. The van der Waals surface area contributed by atoms with E-state index in [0.29, 0.717) is 18.0 Å². The van der Waals surface area contributed by atoms with Crippen LogP contribution < -0.4 is 10.1 Å². The van der Waals surface area contributed by atoms with Crippen LogP contribution in [0.3, 0.4) is 0 Å². The van der Waals surface area contributed by atoms with Crippen LogP contribution in [-0.2, 0) is 0 Å². The Hall–Kier alpha value is -3.34. The number of carboxylic acid groups (broad SMARTS) is 1. The van der Waals surface area contributed by atoms with Crippen molar-refractivity contribution in [1.82, 2.24) is 5.32 Å². The summed E-state index contributed by atoms with van der Waals surface area (Å²) in [5, 5.41) is 16.1. The highest BCUT2D eigenvalue weighted by Crippen LogP contribution is 2.45. The first-order valence-electron chi connectivity index (χ1n) is 12.9. The van der Waals surface area contributed by atoms with E-state index in [1.807, 2.05) is 30.3 Å². The van der Waals surface area contributed by atoms with Gasteiger partial charge in [0.2, 0.25) is 0 Å². The number of ether oxygens (including phenoxy) is 1. The number of rotatable bonds is 7. The number of fused-ring (bicyclic) bond motifs is 2. The van der Waals surface area contributed by atoms with Gasteiger partial charge in [-0.25, -0.2) is 4.79 Å². The average Bonchev–Trinajstić information content (AvgIpc) is 3.76. The summed E-state index contributed by atoms with van der Waals surface area (Å²) in [4.78, 5) is 12.1. The Balaban J connectivity index is 0.00000280. The molecule has 0 radical (unpaired) electrons. The molecule has 0 spiro atoms. The van der Waals surface area contributed by atoms with E-state index in [1.165, 1.54) is 16.3 Å². The van der Waals surface area contributed by atoms with Crippen molar-refractivity contribution < 1.29 is 14.6 Å². The third kappa shape index (κ3) is 5.09. The number of carboxylic acids is 1. The molecule has 0 amide bonds. The molecule has 4 aromatic rings. The van der Waals surface area contributed by atoms with E-state index in [9.17, 15) is 9.90 Å². The van der Waals surface area contributed by atoms with Gasteiger partial charge >= 0.3 is 5.97 Å². The lowest BCUT2D eigenvalue weighted by Crippen LogP contribution is -2.37. The minimum Gasteiger partial charge on any atom is -0.489 e. The average molecular weight is 514 g/mol. The van der Waals surface area contributed by atoms with Gasteiger partial charge in [-0.05, 0) is 71.7 Å². The number of benzene rings is 4. The Morgan fingerprint density at radius 1 is 0.973 bits per heavy atom. The zero-order valence-corrected chi connectivity index (χ0v) is 21.7. The third-order valence-corrected chi connectivity index (χ3v) is 7.76. The van der Waals surface area contributed by atoms with Gasteiger partial charge in [-0.2, -0.15) is 0 Å². The van der Waals surface area contributed by atoms with E-state index in [4.69, 9.17) is 4.74 Å². The highest BCUT2D eigenvalue weighted by molar-refractivity contribution is 5.90. The molecule has 3 atom stereocenters. The first kappa shape index (κ1) is 25.3. The quantitative estimate of drug-likeness (QED) is 0.269. The molecule has 1 aliphatic heterocycles. The Morgan fingerprint density at radius 2 is 1.73 bits per heavy atom. The van der Waals surface area contributed by atoms with Crippen molar-refractivity contribution in [3.05, 3.63) is 113 Å². The van der Waals surface area contributed by atoms with Crippen molar-refractivity contribution in [3.63, 3.8) is 0 Å². The molecule has 0 aromatic heterocycles. The van der Waals surface area contributed by atoms with E-state index < -0.39 is 5.97 Å². The highest BCUT2D eigenvalue weighted by Gasteiger charge is 2.32. The lowest BCUT2D eigenvalue weighted by Gasteiger charge is -2.33. The number of para-hydroxylation sites is 1. The molecular formula is C32H32ClNO3. The normalized spacial score (nSPS) is 19.4. The smallest absolute Gasteiger partial charge is 0.335 e. The summed E-state index contributed by atoms with van der Waals surface area (Å²) < 4.78 is 6.43. The van der Waals surface area contributed by atoms with Gasteiger partial charge in [-0.1, -0.05) is 72.8 Å². The predicted octanol–water partition coefficient (Wildman–Crippen LogP) is 7.47. The molecule has 4 nitrogen and oxygen atoms in total. The van der Waals surface area contributed by atoms with Crippen molar-refractivity contribution in [2.45, 2.75) is 50.2 Å². The van der Waals surface area contributed by atoms with Crippen molar-refractivity contribution in [2.75, 3.05) is 6.54 Å². The molecule has 1 heterocycles. The number of aromatic carboxylic acids is 1. The van der Waals surface area contributed by atoms with E-state index in [2.05, 4.69) is 66.8 Å². The van der Waals surface area contributed by atoms with Crippen molar-refractivity contribution in [3.8, 4) is 5.75 Å². The fourth-order valence-corrected chi connectivity index (χ4v) is 5.71. The summed E-state index contributed by atoms with van der Waals surface area (Å²) in [6.07, 6.45) is 2.96. The summed E-state index contributed by atoms with van der Waals surface area (Å²) in [6, 6.07) is 29.4. The van der Waals surface area contributed by atoms with Gasteiger partial charge in [-0.15, -0.1) is 12.4 Å². The Bertz CT molecular complexity index is 1430. The van der Waals surface area contributed by atoms with E-state index in [1.54, 1.807) is 0 Å². The zero-order chi connectivity index (χ0) is 24.6. The van der Waals surface area contributed by atoms with Gasteiger partial charge in [0.25, 0.3) is 0 Å². The van der Waals surface area contributed by atoms with E-state index in [-0.39, 0.29) is 30.5 Å². The molecule has 2 N–H and O–H groups in total. The van der Waals surface area contributed by atoms with Gasteiger partial charge in [0.15, 0.2) is 0 Å². The fourth-order valence-electron chi connectivity index (χ4n) is 5.71. The monoisotopic (exact) mass is 513 g/mol. The molecule has 1 aliphatic carbocycles. The number of nitrogens with one attached hydrogen (secondary N) is 1. The molecule has 4 aromatic carbocycles. The number of hydrogen-bond donors (Lipinski definition) is 2. The molecule has 1 saturated carbocycles. The summed E-state index contributed by atoms with van der Waals surface area (Å²) >= 11 is 0. The second kappa shape index (κ2) is 10.6. The SMILES string of the molecule is CC(NC[C@H]1C[C@@H](c2ccc(C3CC3)c(C(=O)O)c2)c2ccccc2O1)c1cccc2ccccc12.Cl. The molecule has 1 unspecified atom stereocenters. The predicted molar refractivity (Wildman–Crippen MR) is 150 cm³/mol. The van der Waals surface area contributed by atoms with Crippen molar-refractivity contribution in [2.24, 2.45) is 0 Å². The molecular weight excluding hydrogens is 482 g/mol. The lowest BCUT2D eigenvalue weighted by molar-refractivity contribution is 0.0695. The molecule has 190 valence electrons. The van der Waals surface area contributed by atoms with Gasteiger partial charge in [0, 0.05) is 24.1 Å². The fraction of sp³-hybridized carbons (Fsp3) is 0.281. The maximum atomic E-state index is 12.1. The van der Waals surface area contributed by atoms with Crippen LogP contribution in [0, 0.1) is 0 Å². The van der Waals surface area contributed by atoms with Crippen LogP contribution in [0.5, 0.6) is 5.75 Å². The maximum absolute atomic E-state index is 12.1. The minimum absolute atomic E-state index is 0. The van der Waals surface area contributed by atoms with Crippen molar-refractivity contribution in [1.29, 1.82) is 0 Å². The number of hydrogen-bond acceptors (Lipinski definition) is 3. The lowest BCUT2D eigenvalue weighted by atomic mass is 9.82. The zero-order valence-electron chi connectivity index (χ0n) is 20.9. The van der Waals surface area contributed by atoms with Crippen LogP contribution in [0.25, 0.3) is 10.8 Å². The molecule has 1 fully saturated rings. The van der Waals surface area contributed by atoms with Crippen LogP contribution >= 0.6 is 12.4 Å². The van der Waals surface area contributed by atoms with E-state index >= 15 is 0 Å². The number of carbonyl (C=O) groups is 1. The molecule has 0 bridgehead atoms. The van der Waals surface area contributed by atoms with Crippen LogP contribution in [0.1, 0.15) is 76.7 Å². The Labute approximate surface area is 224 Å². The van der Waals surface area contributed by atoms with E-state index in [0.717, 1.165) is 41.7 Å². The summed E-state index contributed by atoms with van der Waals surface area (Å²) in [5.74, 6) is 0.559. The molecule has 0 saturated heterocycles. The Kier molecular flexibility index (Phi) is 7.23. The van der Waals surface area contributed by atoms with Crippen LogP contribution in [0.2, 0.25) is 0 Å². The van der Waals surface area contributed by atoms with Crippen LogP contribution in [0.15, 0.2) is 84.9 Å². The standard InChI is InChI=1S/C32H31NO3.ClH/c1-20(25-11-6-8-21-7-2-3-9-26(21)25)33-19-24-18-29(28-10-4-5-12-31(28)36-24)23-15-16-27(22-13-14-22)30(17-23)32(34)35;/h2-12,15-17,20,22,24,29,33H,13-14,18-19H2,1H3,(H,34,35);1H/t20?,24-,29+;/m1./s1. The summed E-state index contributed by atoms with van der Waals surface area (Å²) in [7, 11) is 0. The molecule has 2 aliphatic rings. The summed E-state index contributed by atoms with van der Waals surface area (Å²) in [6.45, 7) is 2.91. The first-order valence-corrected chi connectivity index (χ1v) is 12.9. The maximum Gasteiger partial charge on any atom is 0.335 e. The second-order valence-corrected chi connectivity index (χ2v) is 10.2. The summed E-state index contributed by atoms with van der Waals surface area (Å²) in [5.41, 5.74) is 4.90. The van der Waals surface area contributed by atoms with Crippen molar-refractivity contribution >= 4 is 29.1 Å².